The lowest BCUT2D eigenvalue weighted by atomic mass is 10.0. The van der Waals surface area contributed by atoms with E-state index < -0.39 is 0 Å². The van der Waals surface area contributed by atoms with Crippen LogP contribution in [0, 0.1) is 0 Å². The van der Waals surface area contributed by atoms with Crippen LogP contribution in [0.2, 0.25) is 0 Å². The Labute approximate surface area is 82.0 Å². The van der Waals surface area contributed by atoms with Crippen LogP contribution in [0.1, 0.15) is 33.6 Å². The SMILES string of the molecule is C\C=C/C(CC)=C(\C=C/CC)CN. The van der Waals surface area contributed by atoms with E-state index in [1.165, 1.54) is 11.1 Å². The molecule has 0 amide bonds. The highest BCUT2D eigenvalue weighted by molar-refractivity contribution is 5.33. The van der Waals surface area contributed by atoms with Crippen molar-refractivity contribution >= 4 is 0 Å². The Balaban J connectivity index is 4.70. The number of allylic oxidation sites excluding steroid dienone is 4. The van der Waals surface area contributed by atoms with Crippen LogP contribution in [0.3, 0.4) is 0 Å². The van der Waals surface area contributed by atoms with Crippen LogP contribution in [0.15, 0.2) is 35.5 Å². The van der Waals surface area contributed by atoms with E-state index in [0.717, 1.165) is 12.8 Å². The van der Waals surface area contributed by atoms with Crippen molar-refractivity contribution in [3.8, 4) is 0 Å². The molecular weight excluding hydrogens is 158 g/mol. The van der Waals surface area contributed by atoms with Crippen LogP contribution in [-0.4, -0.2) is 6.54 Å². The molecule has 0 spiro atoms. The highest BCUT2D eigenvalue weighted by Gasteiger charge is 1.95. The molecule has 0 aromatic heterocycles. The molecule has 0 heterocycles. The van der Waals surface area contributed by atoms with Gasteiger partial charge in [0.2, 0.25) is 0 Å². The van der Waals surface area contributed by atoms with Gasteiger partial charge < -0.3 is 5.73 Å². The van der Waals surface area contributed by atoms with E-state index in [9.17, 15) is 0 Å². The minimum atomic E-state index is 0.629. The maximum Gasteiger partial charge on any atom is 0.0180 e. The molecule has 2 N–H and O–H groups in total. The molecule has 0 aromatic rings. The molecular formula is C12H21N. The lowest BCUT2D eigenvalue weighted by molar-refractivity contribution is 1.06. The smallest absolute Gasteiger partial charge is 0.0180 e. The summed E-state index contributed by atoms with van der Waals surface area (Å²) in [5.41, 5.74) is 8.27. The van der Waals surface area contributed by atoms with Gasteiger partial charge in [0.05, 0.1) is 0 Å². The summed E-state index contributed by atoms with van der Waals surface area (Å²) in [5, 5.41) is 0. The fraction of sp³-hybridized carbons (Fsp3) is 0.500. The number of hydrogen-bond acceptors (Lipinski definition) is 1. The standard InChI is InChI=1S/C12H21N/c1-4-7-9-12(10-13)11(6-3)8-5-2/h5,7-9H,4,6,10,13H2,1-3H3/b8-5-,9-7-,12-11+. The lowest BCUT2D eigenvalue weighted by Crippen LogP contribution is -2.03. The molecule has 1 nitrogen and oxygen atoms in total. The van der Waals surface area contributed by atoms with Gasteiger partial charge in [-0.3, -0.25) is 0 Å². The summed E-state index contributed by atoms with van der Waals surface area (Å²) in [6.45, 7) is 6.95. The molecule has 0 unspecified atom stereocenters. The van der Waals surface area contributed by atoms with Crippen molar-refractivity contribution in [3.63, 3.8) is 0 Å². The molecule has 0 aromatic carbocycles. The van der Waals surface area contributed by atoms with Gasteiger partial charge in [-0.15, -0.1) is 0 Å². The summed E-state index contributed by atoms with van der Waals surface area (Å²) in [4.78, 5) is 0. The van der Waals surface area contributed by atoms with Crippen molar-refractivity contribution < 1.29 is 0 Å². The summed E-state index contributed by atoms with van der Waals surface area (Å²) in [7, 11) is 0. The predicted molar refractivity (Wildman–Crippen MR) is 60.6 cm³/mol. The molecule has 0 saturated carbocycles. The van der Waals surface area contributed by atoms with Crippen LogP contribution in [-0.2, 0) is 0 Å². The highest BCUT2D eigenvalue weighted by atomic mass is 14.5. The quantitative estimate of drug-likeness (QED) is 0.644. The second-order valence-corrected chi connectivity index (χ2v) is 2.92. The van der Waals surface area contributed by atoms with Gasteiger partial charge in [0.25, 0.3) is 0 Å². The van der Waals surface area contributed by atoms with Gasteiger partial charge >= 0.3 is 0 Å². The van der Waals surface area contributed by atoms with E-state index in [0.29, 0.717) is 6.54 Å². The van der Waals surface area contributed by atoms with Gasteiger partial charge in [-0.2, -0.15) is 0 Å². The average molecular weight is 179 g/mol. The number of nitrogens with two attached hydrogens (primary N) is 1. The number of hydrogen-bond donors (Lipinski definition) is 1. The first-order valence-electron chi connectivity index (χ1n) is 5.01. The van der Waals surface area contributed by atoms with Crippen LogP contribution in [0.5, 0.6) is 0 Å². The average Bonchev–Trinajstić information content (AvgIpc) is 2.17. The van der Waals surface area contributed by atoms with Gasteiger partial charge in [0, 0.05) is 6.54 Å². The summed E-state index contributed by atoms with van der Waals surface area (Å²) >= 11 is 0. The first kappa shape index (κ1) is 12.2. The Hall–Kier alpha value is -0.820. The summed E-state index contributed by atoms with van der Waals surface area (Å²) in [6, 6.07) is 0. The summed E-state index contributed by atoms with van der Waals surface area (Å²) < 4.78 is 0. The van der Waals surface area contributed by atoms with Gasteiger partial charge in [0.15, 0.2) is 0 Å². The van der Waals surface area contributed by atoms with E-state index in [2.05, 4.69) is 38.2 Å². The monoisotopic (exact) mass is 179 g/mol. The van der Waals surface area contributed by atoms with Crippen molar-refractivity contribution in [2.45, 2.75) is 33.6 Å². The molecule has 0 aliphatic rings. The van der Waals surface area contributed by atoms with Crippen LogP contribution in [0.4, 0.5) is 0 Å². The van der Waals surface area contributed by atoms with E-state index >= 15 is 0 Å². The fourth-order valence-corrected chi connectivity index (χ4v) is 1.22. The third kappa shape index (κ3) is 4.69. The Morgan fingerprint density at radius 1 is 1.15 bits per heavy atom. The molecule has 0 aliphatic heterocycles. The lowest BCUT2D eigenvalue weighted by Gasteiger charge is -2.04. The van der Waals surface area contributed by atoms with E-state index in [1.54, 1.807) is 0 Å². The molecule has 74 valence electrons. The van der Waals surface area contributed by atoms with Crippen molar-refractivity contribution in [2.24, 2.45) is 5.73 Å². The minimum Gasteiger partial charge on any atom is -0.326 e. The Morgan fingerprint density at radius 3 is 2.23 bits per heavy atom. The zero-order valence-corrected chi connectivity index (χ0v) is 9.01. The topological polar surface area (TPSA) is 26.0 Å². The zero-order valence-electron chi connectivity index (χ0n) is 9.01. The van der Waals surface area contributed by atoms with E-state index in [-0.39, 0.29) is 0 Å². The molecule has 1 heteroatoms. The maximum atomic E-state index is 5.68. The number of rotatable bonds is 5. The van der Waals surface area contributed by atoms with Crippen LogP contribution >= 0.6 is 0 Å². The van der Waals surface area contributed by atoms with Gasteiger partial charge in [-0.25, -0.2) is 0 Å². The second kappa shape index (κ2) is 7.81. The van der Waals surface area contributed by atoms with Crippen molar-refractivity contribution in [2.75, 3.05) is 6.54 Å². The first-order valence-corrected chi connectivity index (χ1v) is 5.01. The molecule has 0 rings (SSSR count). The highest BCUT2D eigenvalue weighted by Crippen LogP contribution is 2.11. The van der Waals surface area contributed by atoms with E-state index in [4.69, 9.17) is 5.73 Å². The predicted octanol–water partition coefficient (Wildman–Crippen LogP) is 3.19. The zero-order chi connectivity index (χ0) is 10.1. The normalized spacial score (nSPS) is 14.2. The van der Waals surface area contributed by atoms with Crippen molar-refractivity contribution in [1.82, 2.24) is 0 Å². The minimum absolute atomic E-state index is 0.629. The largest absolute Gasteiger partial charge is 0.326 e. The van der Waals surface area contributed by atoms with E-state index in [1.807, 2.05) is 6.92 Å². The third-order valence-electron chi connectivity index (χ3n) is 1.94. The van der Waals surface area contributed by atoms with Crippen LogP contribution in [0.25, 0.3) is 0 Å². The molecule has 0 atom stereocenters. The Bertz CT molecular complexity index is 209. The molecule has 0 bridgehead atoms. The van der Waals surface area contributed by atoms with Gasteiger partial charge in [-0.05, 0) is 30.9 Å². The first-order chi connectivity index (χ1) is 6.29. The maximum absolute atomic E-state index is 5.68. The molecule has 0 fully saturated rings. The molecule has 13 heavy (non-hydrogen) atoms. The molecule has 0 radical (unpaired) electrons. The molecule has 0 saturated heterocycles. The second-order valence-electron chi connectivity index (χ2n) is 2.92. The van der Waals surface area contributed by atoms with Gasteiger partial charge in [0.1, 0.15) is 0 Å². The van der Waals surface area contributed by atoms with Gasteiger partial charge in [-0.1, -0.05) is 38.2 Å². The molecule has 0 aliphatic carbocycles. The van der Waals surface area contributed by atoms with Crippen molar-refractivity contribution in [1.29, 1.82) is 0 Å². The summed E-state index contributed by atoms with van der Waals surface area (Å²) in [5.74, 6) is 0. The third-order valence-corrected chi connectivity index (χ3v) is 1.94. The Morgan fingerprint density at radius 2 is 1.85 bits per heavy atom. The fourth-order valence-electron chi connectivity index (χ4n) is 1.22. The summed E-state index contributed by atoms with van der Waals surface area (Å²) in [6.07, 6.45) is 10.6. The van der Waals surface area contributed by atoms with Crippen LogP contribution < -0.4 is 5.73 Å². The Kier molecular flexibility index (Phi) is 7.32. The van der Waals surface area contributed by atoms with Crippen molar-refractivity contribution in [3.05, 3.63) is 35.5 Å².